The second-order valence-electron chi connectivity index (χ2n) is 18.3. The Morgan fingerprint density at radius 3 is 1.44 bits per heavy atom. The number of benzene rings is 9. The van der Waals surface area contributed by atoms with E-state index in [0.29, 0.717) is 0 Å². The van der Waals surface area contributed by atoms with Crippen LogP contribution in [0, 0.1) is 13.8 Å². The van der Waals surface area contributed by atoms with Crippen molar-refractivity contribution in [1.29, 1.82) is 0 Å². The summed E-state index contributed by atoms with van der Waals surface area (Å²) < 4.78 is 0. The standard InChI is InChI=1S/C60H49N/c1-38-15-10-13-20-48(38)50-22-14-21-49(39(50)2)44-25-30-52-54-32-28-47(37-58(54)60(5,6)56(52)35-44)61(45-26-23-41-18-11-12-19-42(41)33-45)46-27-31-53-51-29-24-43(40-16-8-7-9-17-40)34-55(51)59(3,4)57(53)36-46/h7-37H,1-6H3. The highest BCUT2D eigenvalue weighted by molar-refractivity contribution is 5.93. The van der Waals surface area contributed by atoms with Gasteiger partial charge in [-0.25, -0.2) is 0 Å². The lowest BCUT2D eigenvalue weighted by molar-refractivity contribution is 0.660. The molecule has 0 N–H and O–H groups in total. The van der Waals surface area contributed by atoms with Gasteiger partial charge in [0.2, 0.25) is 0 Å². The summed E-state index contributed by atoms with van der Waals surface area (Å²) in [5, 5.41) is 2.47. The first-order valence-electron chi connectivity index (χ1n) is 21.7. The van der Waals surface area contributed by atoms with E-state index >= 15 is 0 Å². The highest BCUT2D eigenvalue weighted by Gasteiger charge is 2.38. The van der Waals surface area contributed by atoms with E-state index in [2.05, 4.69) is 234 Å². The molecule has 0 spiro atoms. The molecule has 0 aliphatic heterocycles. The summed E-state index contributed by atoms with van der Waals surface area (Å²) in [5.74, 6) is 0. The third kappa shape index (κ3) is 5.82. The first-order valence-corrected chi connectivity index (χ1v) is 21.7. The van der Waals surface area contributed by atoms with Gasteiger partial charge in [0.25, 0.3) is 0 Å². The van der Waals surface area contributed by atoms with Crippen LogP contribution in [0.1, 0.15) is 61.1 Å². The predicted octanol–water partition coefficient (Wildman–Crippen LogP) is 16.5. The van der Waals surface area contributed by atoms with E-state index < -0.39 is 0 Å². The maximum atomic E-state index is 2.48. The number of aryl methyl sites for hydroxylation is 1. The van der Waals surface area contributed by atoms with Crippen LogP contribution in [-0.4, -0.2) is 0 Å². The molecule has 0 fully saturated rings. The Hall–Kier alpha value is -6.96. The Morgan fingerprint density at radius 2 is 0.787 bits per heavy atom. The summed E-state index contributed by atoms with van der Waals surface area (Å²) in [6.07, 6.45) is 0. The molecule has 0 heterocycles. The van der Waals surface area contributed by atoms with Crippen molar-refractivity contribution in [2.75, 3.05) is 4.90 Å². The van der Waals surface area contributed by atoms with Gasteiger partial charge >= 0.3 is 0 Å². The molecule has 0 saturated heterocycles. The minimum absolute atomic E-state index is 0.169. The first kappa shape index (κ1) is 37.1. The second-order valence-corrected chi connectivity index (χ2v) is 18.3. The molecule has 0 atom stereocenters. The largest absolute Gasteiger partial charge is 0.310 e. The van der Waals surface area contributed by atoms with Crippen molar-refractivity contribution in [3.05, 3.63) is 221 Å². The van der Waals surface area contributed by atoms with Crippen LogP contribution in [-0.2, 0) is 10.8 Å². The van der Waals surface area contributed by atoms with Gasteiger partial charge < -0.3 is 4.90 Å². The van der Waals surface area contributed by atoms with Crippen LogP contribution in [0.25, 0.3) is 66.4 Å². The Morgan fingerprint density at radius 1 is 0.311 bits per heavy atom. The molecule has 1 heteroatoms. The van der Waals surface area contributed by atoms with Gasteiger partial charge in [0, 0.05) is 27.9 Å². The van der Waals surface area contributed by atoms with Crippen LogP contribution in [0.5, 0.6) is 0 Å². The minimum Gasteiger partial charge on any atom is -0.310 e. The van der Waals surface area contributed by atoms with Crippen LogP contribution >= 0.6 is 0 Å². The molecule has 0 aromatic heterocycles. The molecule has 11 rings (SSSR count). The van der Waals surface area contributed by atoms with Crippen molar-refractivity contribution >= 4 is 27.8 Å². The molecule has 0 unspecified atom stereocenters. The van der Waals surface area contributed by atoms with Crippen LogP contribution in [0.15, 0.2) is 188 Å². The molecule has 0 radical (unpaired) electrons. The van der Waals surface area contributed by atoms with Gasteiger partial charge in [-0.1, -0.05) is 167 Å². The van der Waals surface area contributed by atoms with Crippen molar-refractivity contribution in [3.8, 4) is 55.6 Å². The lowest BCUT2D eigenvalue weighted by Gasteiger charge is -2.30. The molecule has 1 nitrogen and oxygen atoms in total. The smallest absolute Gasteiger partial charge is 0.0468 e. The Kier molecular flexibility index (Phi) is 8.38. The van der Waals surface area contributed by atoms with Crippen molar-refractivity contribution in [2.24, 2.45) is 0 Å². The van der Waals surface area contributed by atoms with Gasteiger partial charge in [-0.15, -0.1) is 0 Å². The van der Waals surface area contributed by atoms with Gasteiger partial charge in [0.15, 0.2) is 0 Å². The van der Waals surface area contributed by atoms with Crippen LogP contribution in [0.4, 0.5) is 17.1 Å². The molecule has 294 valence electrons. The lowest BCUT2D eigenvalue weighted by atomic mass is 9.81. The normalized spacial score (nSPS) is 14.0. The molecule has 0 saturated carbocycles. The third-order valence-electron chi connectivity index (χ3n) is 14.0. The lowest BCUT2D eigenvalue weighted by Crippen LogP contribution is -2.18. The monoisotopic (exact) mass is 783 g/mol. The Balaban J connectivity index is 1.02. The number of hydrogen-bond donors (Lipinski definition) is 0. The quantitative estimate of drug-likeness (QED) is 0.162. The fourth-order valence-electron chi connectivity index (χ4n) is 10.6. The van der Waals surface area contributed by atoms with E-state index in [0.717, 1.165) is 17.1 Å². The van der Waals surface area contributed by atoms with E-state index in [1.54, 1.807) is 0 Å². The van der Waals surface area contributed by atoms with Crippen LogP contribution in [0.3, 0.4) is 0 Å². The molecule has 61 heavy (non-hydrogen) atoms. The third-order valence-corrected chi connectivity index (χ3v) is 14.0. The molecular weight excluding hydrogens is 735 g/mol. The molecule has 9 aromatic rings. The highest BCUT2D eigenvalue weighted by atomic mass is 15.1. The van der Waals surface area contributed by atoms with Crippen molar-refractivity contribution in [3.63, 3.8) is 0 Å². The summed E-state index contributed by atoms with van der Waals surface area (Å²) in [4.78, 5) is 2.48. The van der Waals surface area contributed by atoms with E-state index in [-0.39, 0.29) is 10.8 Å². The number of fused-ring (bicyclic) bond motifs is 7. The summed E-state index contributed by atoms with van der Waals surface area (Å²) >= 11 is 0. The van der Waals surface area contributed by atoms with E-state index in [4.69, 9.17) is 0 Å². The van der Waals surface area contributed by atoms with Gasteiger partial charge in [0.1, 0.15) is 0 Å². The average Bonchev–Trinajstić information content (AvgIpc) is 3.65. The Bertz CT molecular complexity index is 3220. The number of hydrogen-bond acceptors (Lipinski definition) is 1. The fourth-order valence-corrected chi connectivity index (χ4v) is 10.6. The maximum Gasteiger partial charge on any atom is 0.0468 e. The maximum absolute atomic E-state index is 2.48. The van der Waals surface area contributed by atoms with Crippen molar-refractivity contribution < 1.29 is 0 Å². The average molecular weight is 784 g/mol. The van der Waals surface area contributed by atoms with Gasteiger partial charge in [0.05, 0.1) is 0 Å². The molecule has 0 amide bonds. The molecule has 2 aliphatic carbocycles. The SMILES string of the molecule is Cc1ccccc1-c1cccc(-c2ccc3c(c2)C(C)(C)c2cc(N(c4ccc5c(c4)C(C)(C)c4cc(-c6ccccc6)ccc4-5)c4ccc5ccccc5c4)ccc2-3)c1C. The zero-order valence-corrected chi connectivity index (χ0v) is 35.8. The molecule has 2 aliphatic rings. The minimum atomic E-state index is -0.203. The topological polar surface area (TPSA) is 3.24 Å². The summed E-state index contributed by atoms with van der Waals surface area (Å²) in [7, 11) is 0. The van der Waals surface area contributed by atoms with E-state index in [1.165, 1.54) is 99.8 Å². The molecular formula is C60H49N. The zero-order chi connectivity index (χ0) is 41.6. The fraction of sp³-hybridized carbons (Fsp3) is 0.133. The second kappa shape index (κ2) is 13.8. The Labute approximate surface area is 360 Å². The highest BCUT2D eigenvalue weighted by Crippen LogP contribution is 2.54. The number of nitrogens with zero attached hydrogens (tertiary/aromatic N) is 1. The van der Waals surface area contributed by atoms with Gasteiger partial charge in [-0.3, -0.25) is 0 Å². The van der Waals surface area contributed by atoms with Gasteiger partial charge in [-0.05, 0) is 162 Å². The summed E-state index contributed by atoms with van der Waals surface area (Å²) in [6.45, 7) is 14.1. The molecule has 0 bridgehead atoms. The van der Waals surface area contributed by atoms with Crippen molar-refractivity contribution in [1.82, 2.24) is 0 Å². The summed E-state index contributed by atoms with van der Waals surface area (Å²) in [6, 6.07) is 70.3. The van der Waals surface area contributed by atoms with Crippen LogP contribution in [0.2, 0.25) is 0 Å². The van der Waals surface area contributed by atoms with Gasteiger partial charge in [-0.2, -0.15) is 0 Å². The van der Waals surface area contributed by atoms with E-state index in [9.17, 15) is 0 Å². The first-order chi connectivity index (χ1) is 29.6. The van der Waals surface area contributed by atoms with E-state index in [1.807, 2.05) is 0 Å². The van der Waals surface area contributed by atoms with Crippen molar-refractivity contribution in [2.45, 2.75) is 52.4 Å². The number of rotatable bonds is 6. The molecule has 9 aromatic carbocycles. The van der Waals surface area contributed by atoms with Crippen LogP contribution < -0.4 is 4.90 Å². The zero-order valence-electron chi connectivity index (χ0n) is 35.8. The summed E-state index contributed by atoms with van der Waals surface area (Å²) in [5.41, 5.74) is 24.2. The predicted molar refractivity (Wildman–Crippen MR) is 260 cm³/mol. The number of anilines is 3.